The first-order valence-corrected chi connectivity index (χ1v) is 10.7. The lowest BCUT2D eigenvalue weighted by Crippen LogP contribution is -2.05. The second kappa shape index (κ2) is 16.7. The molecule has 0 saturated heterocycles. The zero-order valence-corrected chi connectivity index (χ0v) is 20.7. The molecule has 0 heterocycles. The van der Waals surface area contributed by atoms with Crippen molar-refractivity contribution in [3.8, 4) is 0 Å². The maximum Gasteiger partial charge on any atom is 0.166 e. The summed E-state index contributed by atoms with van der Waals surface area (Å²) in [5, 5.41) is 9.04. The van der Waals surface area contributed by atoms with E-state index in [1.807, 2.05) is 6.92 Å². The largest absolute Gasteiger partial charge is 0.509 e. The van der Waals surface area contributed by atoms with E-state index in [1.165, 1.54) is 31.8 Å². The van der Waals surface area contributed by atoms with Crippen LogP contribution in [-0.4, -0.2) is 12.2 Å². The van der Waals surface area contributed by atoms with Gasteiger partial charge in [0.1, 0.15) is 11.5 Å². The molecule has 0 saturated carbocycles. The summed E-state index contributed by atoms with van der Waals surface area (Å²) in [4.78, 5) is 0. The number of aliphatic hydroxyl groups excluding tert-OH is 1. The van der Waals surface area contributed by atoms with Crippen LogP contribution in [0.2, 0.25) is 0 Å². The summed E-state index contributed by atoms with van der Waals surface area (Å²) >= 11 is 0. The van der Waals surface area contributed by atoms with E-state index in [4.69, 9.17) is 9.84 Å². The van der Waals surface area contributed by atoms with Gasteiger partial charge in [-0.05, 0) is 53.5 Å². The van der Waals surface area contributed by atoms with Gasteiger partial charge >= 0.3 is 0 Å². The fraction of sp³-hybridized carbons (Fsp3) is 0.357. The third-order valence-electron chi connectivity index (χ3n) is 4.69. The number of hydrogen-bond donors (Lipinski definition) is 1. The average Bonchev–Trinajstić information content (AvgIpc) is 2.78. The topological polar surface area (TPSA) is 29.5 Å². The number of halogens is 3. The van der Waals surface area contributed by atoms with Crippen molar-refractivity contribution in [1.82, 2.24) is 0 Å². The van der Waals surface area contributed by atoms with Crippen molar-refractivity contribution >= 4 is 0 Å². The quantitative estimate of drug-likeness (QED) is 0.217. The standard InChI is InChI=1S/C25H31F3O2.C3H8/c1-15(18(4)14-23(26)22(8)30-9)10-11-16(2)20(6)24(27)25(28)21(7)17(3)12-13-19(5)29;1-3-2/h12-16,29H,3-8,10-11H2,1-2,9H3;3H2,1-2H3/b13-12-,23-14+,25-24-;. The molecular formula is C28H39F3O2. The van der Waals surface area contributed by atoms with Gasteiger partial charge in [-0.25, -0.2) is 13.2 Å². The summed E-state index contributed by atoms with van der Waals surface area (Å²) in [5.74, 6) is -3.68. The number of hydrogen-bond acceptors (Lipinski definition) is 2. The lowest BCUT2D eigenvalue weighted by atomic mass is 9.88. The molecule has 0 bridgehead atoms. The van der Waals surface area contributed by atoms with E-state index in [1.54, 1.807) is 6.92 Å². The van der Waals surface area contributed by atoms with Gasteiger partial charge in [0.25, 0.3) is 0 Å². The molecule has 5 heteroatoms. The molecule has 1 N–H and O–H groups in total. The van der Waals surface area contributed by atoms with E-state index in [9.17, 15) is 13.2 Å². The highest BCUT2D eigenvalue weighted by molar-refractivity contribution is 5.50. The lowest BCUT2D eigenvalue weighted by Gasteiger charge is -2.18. The summed E-state index contributed by atoms with van der Waals surface area (Å²) in [6.07, 6.45) is 6.02. The number of methoxy groups -OCH3 is 1. The molecule has 0 aromatic carbocycles. The number of allylic oxidation sites excluding steroid dienone is 10. The first-order valence-electron chi connectivity index (χ1n) is 10.7. The van der Waals surface area contributed by atoms with Gasteiger partial charge in [0.15, 0.2) is 17.5 Å². The van der Waals surface area contributed by atoms with Crippen LogP contribution in [0, 0.1) is 11.8 Å². The summed E-state index contributed by atoms with van der Waals surface area (Å²) < 4.78 is 47.5. The Kier molecular flexibility index (Phi) is 16.3. The van der Waals surface area contributed by atoms with Crippen LogP contribution >= 0.6 is 0 Å². The summed E-state index contributed by atoms with van der Waals surface area (Å²) in [6, 6.07) is 0. The minimum atomic E-state index is -1.16. The van der Waals surface area contributed by atoms with Crippen LogP contribution in [0.25, 0.3) is 0 Å². The monoisotopic (exact) mass is 464 g/mol. The Morgan fingerprint density at radius 1 is 0.879 bits per heavy atom. The molecule has 0 aromatic rings. The van der Waals surface area contributed by atoms with Crippen LogP contribution in [0.1, 0.15) is 47.0 Å². The van der Waals surface area contributed by atoms with Crippen LogP contribution in [-0.2, 0) is 4.74 Å². The highest BCUT2D eigenvalue weighted by atomic mass is 19.2. The third kappa shape index (κ3) is 12.6. The molecule has 0 aromatic heterocycles. The van der Waals surface area contributed by atoms with Crippen molar-refractivity contribution in [1.29, 1.82) is 0 Å². The van der Waals surface area contributed by atoms with E-state index >= 15 is 0 Å². The number of aliphatic hydroxyl groups is 1. The first kappa shape index (κ1) is 32.2. The van der Waals surface area contributed by atoms with Gasteiger partial charge in [0.2, 0.25) is 0 Å². The van der Waals surface area contributed by atoms with E-state index in [-0.39, 0.29) is 40.1 Å². The van der Waals surface area contributed by atoms with Crippen molar-refractivity contribution in [3.63, 3.8) is 0 Å². The van der Waals surface area contributed by atoms with Gasteiger partial charge < -0.3 is 9.84 Å². The second-order valence-corrected chi connectivity index (χ2v) is 7.76. The molecule has 0 aliphatic carbocycles. The fourth-order valence-electron chi connectivity index (χ4n) is 2.27. The second-order valence-electron chi connectivity index (χ2n) is 7.76. The fourth-order valence-corrected chi connectivity index (χ4v) is 2.27. The van der Waals surface area contributed by atoms with E-state index in [2.05, 4.69) is 53.3 Å². The molecule has 0 amide bonds. The van der Waals surface area contributed by atoms with Gasteiger partial charge in [-0.15, -0.1) is 0 Å². The maximum absolute atomic E-state index is 14.5. The van der Waals surface area contributed by atoms with Crippen LogP contribution in [0.4, 0.5) is 13.2 Å². The summed E-state index contributed by atoms with van der Waals surface area (Å²) in [6.45, 7) is 29.1. The Hall–Kier alpha value is -2.95. The van der Waals surface area contributed by atoms with Crippen LogP contribution in [0.3, 0.4) is 0 Å². The van der Waals surface area contributed by atoms with Gasteiger partial charge in [-0.3, -0.25) is 0 Å². The molecule has 0 fully saturated rings. The summed E-state index contributed by atoms with van der Waals surface area (Å²) in [5.41, 5.74) is 0.366. The van der Waals surface area contributed by atoms with E-state index in [0.717, 1.165) is 0 Å². The maximum atomic E-state index is 14.5. The van der Waals surface area contributed by atoms with Gasteiger partial charge in [-0.1, -0.05) is 79.7 Å². The lowest BCUT2D eigenvalue weighted by molar-refractivity contribution is 0.285. The normalized spacial score (nSPS) is 13.8. The minimum Gasteiger partial charge on any atom is -0.509 e. The van der Waals surface area contributed by atoms with Gasteiger partial charge in [0, 0.05) is 5.57 Å². The SMILES string of the molecule is C=C(O)/C=C\C(=C)C(=C)/C(F)=C(/F)C(=C)C(C)CCC(C)C(=C)/C=C(/F)C(=C)OC.CCC. The molecule has 0 spiro atoms. The Labute approximate surface area is 198 Å². The smallest absolute Gasteiger partial charge is 0.166 e. The molecule has 2 unspecified atom stereocenters. The highest BCUT2D eigenvalue weighted by Crippen LogP contribution is 2.32. The molecular weight excluding hydrogens is 425 g/mol. The van der Waals surface area contributed by atoms with E-state index in [0.29, 0.717) is 18.4 Å². The van der Waals surface area contributed by atoms with Crippen molar-refractivity contribution in [2.45, 2.75) is 47.0 Å². The molecule has 0 rings (SSSR count). The molecule has 0 aliphatic heterocycles. The molecule has 2 atom stereocenters. The van der Waals surface area contributed by atoms with Crippen LogP contribution in [0.15, 0.2) is 109 Å². The summed E-state index contributed by atoms with van der Waals surface area (Å²) in [7, 11) is 1.32. The molecule has 33 heavy (non-hydrogen) atoms. The van der Waals surface area contributed by atoms with Crippen molar-refractivity contribution < 1.29 is 23.0 Å². The predicted molar refractivity (Wildman–Crippen MR) is 136 cm³/mol. The molecule has 0 radical (unpaired) electrons. The zero-order chi connectivity index (χ0) is 26.3. The van der Waals surface area contributed by atoms with Crippen molar-refractivity contribution in [2.75, 3.05) is 7.11 Å². The Morgan fingerprint density at radius 3 is 1.82 bits per heavy atom. The minimum absolute atomic E-state index is 0.00991. The van der Waals surface area contributed by atoms with Gasteiger partial charge in [0.05, 0.1) is 7.11 Å². The van der Waals surface area contributed by atoms with Crippen LogP contribution < -0.4 is 0 Å². The van der Waals surface area contributed by atoms with Crippen molar-refractivity contribution in [2.24, 2.45) is 11.8 Å². The number of rotatable bonds is 13. The van der Waals surface area contributed by atoms with E-state index < -0.39 is 17.5 Å². The van der Waals surface area contributed by atoms with Crippen LogP contribution in [0.5, 0.6) is 0 Å². The Balaban J connectivity index is 0. The molecule has 0 aliphatic rings. The average molecular weight is 465 g/mol. The highest BCUT2D eigenvalue weighted by Gasteiger charge is 2.20. The van der Waals surface area contributed by atoms with Gasteiger partial charge in [-0.2, -0.15) is 0 Å². The Morgan fingerprint density at radius 2 is 1.36 bits per heavy atom. The molecule has 2 nitrogen and oxygen atoms in total. The number of ether oxygens (including phenoxy) is 1. The predicted octanol–water partition coefficient (Wildman–Crippen LogP) is 9.47. The Bertz CT molecular complexity index is 841. The van der Waals surface area contributed by atoms with Crippen molar-refractivity contribution in [3.05, 3.63) is 109 Å². The first-order chi connectivity index (χ1) is 15.2. The zero-order valence-electron chi connectivity index (χ0n) is 20.7. The third-order valence-corrected chi connectivity index (χ3v) is 4.69. The molecule has 184 valence electrons.